The van der Waals surface area contributed by atoms with Crippen molar-refractivity contribution in [3.05, 3.63) is 102 Å². The summed E-state index contributed by atoms with van der Waals surface area (Å²) in [5.74, 6) is -22.0. The van der Waals surface area contributed by atoms with E-state index in [0.29, 0.717) is 58.6 Å². The first-order valence-electron chi connectivity index (χ1n) is 46.1. The zero-order chi connectivity index (χ0) is 100. The minimum absolute atomic E-state index is 0.0335. The molecule has 3 aromatic carbocycles. The highest BCUT2D eigenvalue weighted by Gasteiger charge is 2.48. The molecule has 45 nitrogen and oxygen atoms in total. The van der Waals surface area contributed by atoms with Crippen LogP contribution in [0.3, 0.4) is 0 Å². The van der Waals surface area contributed by atoms with Crippen molar-refractivity contribution in [1.82, 2.24) is 87.2 Å². The molecule has 4 saturated heterocycles. The van der Waals surface area contributed by atoms with Crippen LogP contribution >= 0.6 is 0 Å². The molecule has 15 atom stereocenters. The molecule has 0 spiro atoms. The third-order valence-electron chi connectivity index (χ3n) is 24.9. The molecule has 5 aromatic rings. The number of hydrogen-bond donors (Lipinski definition) is 19. The Balaban J connectivity index is 1.12. The summed E-state index contributed by atoms with van der Waals surface area (Å²) in [6.45, 7) is 4.19. The molecule has 0 unspecified atom stereocenters. The topological polar surface area (TPSA) is 684 Å². The van der Waals surface area contributed by atoms with E-state index in [0.717, 1.165) is 24.5 Å². The Kier molecular flexibility index (Phi) is 38.8. The Morgan fingerprint density at radius 3 is 1.61 bits per heavy atom. The van der Waals surface area contributed by atoms with Crippen LogP contribution in [0.5, 0.6) is 5.75 Å². The smallest absolute Gasteiger partial charge is 0.323 e. The van der Waals surface area contributed by atoms with Gasteiger partial charge in [-0.25, -0.2) is 0 Å². The van der Waals surface area contributed by atoms with Gasteiger partial charge in [-0.2, -0.15) is 0 Å². The number of piperidine rings is 1. The number of phenols is 1. The lowest BCUT2D eigenvalue weighted by molar-refractivity contribution is -0.149. The number of unbranched alkanes of at least 4 members (excludes halogenated alkanes) is 2. The average Bonchev–Trinajstić information content (AvgIpc) is 1.52. The Hall–Kier alpha value is -14.1. The van der Waals surface area contributed by atoms with Crippen LogP contribution < -0.4 is 76.1 Å². The van der Waals surface area contributed by atoms with Gasteiger partial charge in [-0.1, -0.05) is 102 Å². The second-order valence-corrected chi connectivity index (χ2v) is 35.7. The van der Waals surface area contributed by atoms with Crippen LogP contribution in [-0.4, -0.2) is 310 Å². The lowest BCUT2D eigenvalue weighted by Crippen LogP contribution is -2.62. The second kappa shape index (κ2) is 49.9. The van der Waals surface area contributed by atoms with Crippen LogP contribution in [0.1, 0.15) is 166 Å². The molecule has 45 heteroatoms. The predicted octanol–water partition coefficient (Wildman–Crippen LogP) is -3.31. The first-order valence-corrected chi connectivity index (χ1v) is 46.1. The fraction of sp³-hybridized carbons (Fsp3) is 0.543. The van der Waals surface area contributed by atoms with Gasteiger partial charge in [0.05, 0.1) is 25.5 Å². The Morgan fingerprint density at radius 1 is 0.474 bits per heavy atom. The molecule has 6 heterocycles. The van der Waals surface area contributed by atoms with Crippen molar-refractivity contribution in [3.63, 3.8) is 0 Å². The number of phenolic OH excluding ortho intramolecular Hbond substituents is 1. The zero-order valence-electron chi connectivity index (χ0n) is 77.6. The maximum Gasteiger partial charge on any atom is 0.323 e. The number of likely N-dealkylation sites (N-methyl/N-ethyl adjacent to an activating group) is 2. The second-order valence-electron chi connectivity index (χ2n) is 35.7. The summed E-state index contributed by atoms with van der Waals surface area (Å²) in [7, 11) is 2.49. The molecule has 18 amide bonds. The van der Waals surface area contributed by atoms with E-state index in [1.807, 2.05) is 0 Å². The number of carbonyl (C=O) groups excluding carboxylic acids is 18. The number of rotatable bonds is 27. The number of aromatic nitrogens is 2. The van der Waals surface area contributed by atoms with Crippen molar-refractivity contribution in [2.45, 2.75) is 266 Å². The van der Waals surface area contributed by atoms with Crippen LogP contribution in [0.15, 0.2) is 85.2 Å². The minimum atomic E-state index is -2.03. The first kappa shape index (κ1) is 107. The third-order valence-corrected chi connectivity index (χ3v) is 24.9. The van der Waals surface area contributed by atoms with Gasteiger partial charge in [0.15, 0.2) is 0 Å². The number of H-pyrrole nitrogens is 1. The summed E-state index contributed by atoms with van der Waals surface area (Å²) in [6.07, 6.45) is -2.82. The number of nitrogens with one attached hydrogen (secondary N) is 11. The maximum absolute atomic E-state index is 15.9. The molecule has 137 heavy (non-hydrogen) atoms. The summed E-state index contributed by atoms with van der Waals surface area (Å²) in [5, 5.41) is 68.7. The van der Waals surface area contributed by atoms with Gasteiger partial charge in [-0.3, -0.25) is 95.9 Å². The number of hydrogen-bond acceptors (Lipinski definition) is 23. The van der Waals surface area contributed by atoms with Crippen molar-refractivity contribution in [2.24, 2.45) is 28.9 Å². The SMILES string of the molecule is CCCC[C@H]1C(=O)N(C)[C@@H](CCCC)C(=O)N[C@@H](CCC(=O)O)C(=O)N[C@H](C(N)=O)CNCC(=O)N[C@@H](Cc2ccc(O)cc2)C(=O)N2CCCC[C@H]2C(=O)N[C@@H](CC(N)=O)C(=O)N2CCC[C@H]2C(=O)N[C@@H](CCC(N)=O)C(=O)N[C@@H](CC(C)C)C(=O)N2C[C@H](O)C[C@H]2C(=O)N[C@@H](Cc2c[nH]c3ccccc23)C(=O)N[C@@H](CC(N)=O)C(=O)N[C@@H](Cc2cn(CC(=O)O)c3ccccc23)C(=O)N1C. The van der Waals surface area contributed by atoms with Gasteiger partial charge in [-0.05, 0) is 111 Å². The number of aliphatic hydroxyl groups excluding tert-OH is 1. The van der Waals surface area contributed by atoms with Crippen molar-refractivity contribution < 1.29 is 116 Å². The number of carboxylic acids is 2. The first-order chi connectivity index (χ1) is 65.1. The number of carboxylic acid groups (broad SMARTS) is 2. The largest absolute Gasteiger partial charge is 0.508 e. The molecule has 9 rings (SSSR count). The summed E-state index contributed by atoms with van der Waals surface area (Å²) in [4.78, 5) is 297. The third kappa shape index (κ3) is 29.4. The summed E-state index contributed by atoms with van der Waals surface area (Å²) < 4.78 is 1.37. The van der Waals surface area contributed by atoms with Gasteiger partial charge in [0.2, 0.25) is 106 Å². The lowest BCUT2D eigenvalue weighted by Gasteiger charge is -2.38. The van der Waals surface area contributed by atoms with Crippen LogP contribution in [-0.2, 0) is 122 Å². The van der Waals surface area contributed by atoms with Gasteiger partial charge >= 0.3 is 11.9 Å². The number of aromatic amines is 1. The number of aromatic hydroxyl groups is 1. The number of carbonyl (C=O) groups is 20. The highest BCUT2D eigenvalue weighted by Crippen LogP contribution is 2.30. The number of amides is 18. The molecule has 4 aliphatic rings. The number of benzene rings is 3. The fourth-order valence-electron chi connectivity index (χ4n) is 17.8. The molecule has 0 aliphatic carbocycles. The van der Waals surface area contributed by atoms with E-state index in [1.54, 1.807) is 76.2 Å². The molecule has 23 N–H and O–H groups in total. The number of fused-ring (bicyclic) bond motifs is 5. The van der Waals surface area contributed by atoms with Crippen molar-refractivity contribution in [2.75, 3.05) is 46.8 Å². The average molecular weight is 1910 g/mol. The molecule has 2 aromatic heterocycles. The summed E-state index contributed by atoms with van der Waals surface area (Å²) >= 11 is 0. The van der Waals surface area contributed by atoms with E-state index in [1.165, 1.54) is 55.3 Å². The number of primary amides is 4. The molecular weight excluding hydrogens is 1780 g/mol. The van der Waals surface area contributed by atoms with Crippen molar-refractivity contribution in [1.29, 1.82) is 0 Å². The molecule has 4 aliphatic heterocycles. The molecule has 0 radical (unpaired) electrons. The van der Waals surface area contributed by atoms with Gasteiger partial charge in [0.1, 0.15) is 96.9 Å². The Morgan fingerprint density at radius 2 is 0.985 bits per heavy atom. The van der Waals surface area contributed by atoms with Crippen LogP contribution in [0.4, 0.5) is 0 Å². The number of aliphatic carboxylic acids is 2. The summed E-state index contributed by atoms with van der Waals surface area (Å²) in [6, 6.07) is -4.47. The fourth-order valence-corrected chi connectivity index (χ4v) is 17.8. The molecule has 0 bridgehead atoms. The number of aliphatic hydroxyl groups is 1. The van der Waals surface area contributed by atoms with Crippen LogP contribution in [0.2, 0.25) is 0 Å². The highest BCUT2D eigenvalue weighted by molar-refractivity contribution is 6.03. The van der Waals surface area contributed by atoms with E-state index in [9.17, 15) is 78.0 Å². The standard InChI is InChI=1S/C92H127N21O24/c1-7-9-21-68-84(129)100-59(31-33-77(120)121)81(126)107-66(79(96)124)44-97-45-76(119)99-63(37-50-26-28-53(114)29-27-50)89(134)111-34-16-15-24-69(111)86(131)106-65(42-75(95)118)90(135)112-35-17-25-70(112)85(130)101-58(30-32-73(93)116)80(125)104-62(36-49(3)4)91(136)113-47-54(115)40-72(113)87(132)103-60(38-51-43-98-57-20-13-11-18-55(51)57)82(127)102-61(41-74(94)117)83(128)105-64(88(133)109(6)71(22-10-8-2)92(137)108(68)5)39-52-46-110(48-78(122)123)67-23-14-12-19-56(52)67/h11-14,18-20,23,26-29,43,46,49,54,58-66,68-72,97-98,114-115H,7-10,15-17,21-22,24-25,30-42,44-45,47-48H2,1-6H3,(H2,93,116)(H2,94,117)(H2,95,118)(H2,96,124)(H,99,119)(H,100,129)(H,101,130)(H,102,127)(H,103,132)(H,104,125)(H,105,128)(H,106,131)(H,107,126)(H,120,121)(H,122,123)/t54-,58+,59+,60+,61+,62+,63+,64+,65+,66+,68+,69+,70+,71+,72+/m1/s1. The lowest BCUT2D eigenvalue weighted by atomic mass is 9.97. The van der Waals surface area contributed by atoms with E-state index in [2.05, 4.69) is 58.2 Å². The quantitative estimate of drug-likeness (QED) is 0.0245. The van der Waals surface area contributed by atoms with Gasteiger partial charge in [0, 0.05) is 113 Å². The normalized spacial score (nSPS) is 25.1. The number of nitrogens with two attached hydrogens (primary N) is 4. The van der Waals surface area contributed by atoms with Gasteiger partial charge in [0.25, 0.3) is 0 Å². The molecule has 744 valence electrons. The number of para-hydroxylation sites is 2. The molecule has 0 saturated carbocycles. The molecule has 4 fully saturated rings. The van der Waals surface area contributed by atoms with Crippen molar-refractivity contribution in [3.8, 4) is 5.75 Å². The van der Waals surface area contributed by atoms with Crippen molar-refractivity contribution >= 4 is 140 Å². The van der Waals surface area contributed by atoms with E-state index in [4.69, 9.17) is 22.9 Å². The predicted molar refractivity (Wildman–Crippen MR) is 491 cm³/mol. The van der Waals surface area contributed by atoms with Crippen LogP contribution in [0.25, 0.3) is 21.8 Å². The van der Waals surface area contributed by atoms with E-state index < -0.39 is 299 Å². The summed E-state index contributed by atoms with van der Waals surface area (Å²) in [5.41, 5.74) is 25.1. The van der Waals surface area contributed by atoms with Gasteiger partial charge in [-0.15, -0.1) is 0 Å². The van der Waals surface area contributed by atoms with E-state index >= 15 is 38.4 Å². The maximum atomic E-state index is 15.9. The van der Waals surface area contributed by atoms with Crippen LogP contribution in [0, 0.1) is 5.92 Å². The Bertz CT molecular complexity index is 5270. The van der Waals surface area contributed by atoms with Gasteiger partial charge < -0.3 is 131 Å². The number of nitrogens with zero attached hydrogens (tertiary/aromatic N) is 6. The highest BCUT2D eigenvalue weighted by atomic mass is 16.4. The molecular formula is C92H127N21O24. The minimum Gasteiger partial charge on any atom is -0.508 e. The zero-order valence-corrected chi connectivity index (χ0v) is 77.6. The van der Waals surface area contributed by atoms with E-state index in [-0.39, 0.29) is 82.2 Å². The Labute approximate surface area is 789 Å². The monoisotopic (exact) mass is 1910 g/mol.